The summed E-state index contributed by atoms with van der Waals surface area (Å²) in [5.74, 6) is 0.713. The lowest BCUT2D eigenvalue weighted by Crippen LogP contribution is -2.50. The summed E-state index contributed by atoms with van der Waals surface area (Å²) in [4.78, 5) is 14.7. The van der Waals surface area contributed by atoms with Crippen LogP contribution in [0.5, 0.6) is 5.75 Å². The fraction of sp³-hybridized carbons (Fsp3) is 0.632. The molecule has 0 fully saturated rings. The van der Waals surface area contributed by atoms with E-state index in [9.17, 15) is 4.79 Å². The lowest BCUT2D eigenvalue weighted by Gasteiger charge is -2.32. The van der Waals surface area contributed by atoms with Gasteiger partial charge in [0.15, 0.2) is 0 Å². The highest BCUT2D eigenvalue weighted by Crippen LogP contribution is 2.24. The van der Waals surface area contributed by atoms with Crippen LogP contribution in [0.15, 0.2) is 24.3 Å². The van der Waals surface area contributed by atoms with Gasteiger partial charge in [0, 0.05) is 6.54 Å². The number of nitrogens with zero attached hydrogens (tertiary/aromatic N) is 1. The van der Waals surface area contributed by atoms with Crippen LogP contribution in [-0.4, -0.2) is 43.6 Å². The molecule has 0 radical (unpaired) electrons. The summed E-state index contributed by atoms with van der Waals surface area (Å²) in [5, 5.41) is 3.03. The summed E-state index contributed by atoms with van der Waals surface area (Å²) in [6, 6.07) is 7.57. The van der Waals surface area contributed by atoms with E-state index in [-0.39, 0.29) is 17.4 Å². The number of ether oxygens (including phenoxy) is 1. The van der Waals surface area contributed by atoms with Gasteiger partial charge in [-0.2, -0.15) is 0 Å². The van der Waals surface area contributed by atoms with Crippen LogP contribution in [0.2, 0.25) is 0 Å². The second kappa shape index (κ2) is 9.04. The average molecular weight is 335 g/mol. The maximum atomic E-state index is 12.4. The number of nitrogens with two attached hydrogens (primary N) is 1. The highest BCUT2D eigenvalue weighted by Gasteiger charge is 2.28. The third kappa shape index (κ3) is 5.49. The van der Waals surface area contributed by atoms with Crippen LogP contribution >= 0.6 is 0 Å². The smallest absolute Gasteiger partial charge is 0.237 e. The molecule has 0 aliphatic rings. The molecule has 0 aliphatic heterocycles. The van der Waals surface area contributed by atoms with Crippen LogP contribution < -0.4 is 15.8 Å². The zero-order chi connectivity index (χ0) is 18.3. The van der Waals surface area contributed by atoms with Gasteiger partial charge in [0.1, 0.15) is 5.75 Å². The Morgan fingerprint density at radius 1 is 1.29 bits per heavy atom. The summed E-state index contributed by atoms with van der Waals surface area (Å²) in [7, 11) is 1.66. The molecule has 0 bridgehead atoms. The van der Waals surface area contributed by atoms with Crippen molar-refractivity contribution in [2.45, 2.75) is 46.7 Å². The first-order valence-electron chi connectivity index (χ1n) is 8.65. The number of amides is 1. The summed E-state index contributed by atoms with van der Waals surface area (Å²) in [6.07, 6.45) is 0. The number of likely N-dealkylation sites (N-methyl/N-ethyl adjacent to an activating group) is 1. The van der Waals surface area contributed by atoms with Crippen molar-refractivity contribution >= 4 is 5.91 Å². The monoisotopic (exact) mass is 335 g/mol. The van der Waals surface area contributed by atoms with E-state index in [1.165, 1.54) is 0 Å². The summed E-state index contributed by atoms with van der Waals surface area (Å²) < 4.78 is 5.33. The van der Waals surface area contributed by atoms with Gasteiger partial charge in [0.25, 0.3) is 0 Å². The normalized spacial score (nSPS) is 14.3. The van der Waals surface area contributed by atoms with E-state index < -0.39 is 6.04 Å². The van der Waals surface area contributed by atoms with Crippen molar-refractivity contribution < 1.29 is 9.53 Å². The molecule has 1 amide bonds. The second-order valence-corrected chi connectivity index (χ2v) is 7.10. The summed E-state index contributed by atoms with van der Waals surface area (Å²) >= 11 is 0. The van der Waals surface area contributed by atoms with E-state index >= 15 is 0 Å². The summed E-state index contributed by atoms with van der Waals surface area (Å²) in [5.41, 5.74) is 6.93. The molecule has 0 aliphatic carbocycles. The van der Waals surface area contributed by atoms with Crippen molar-refractivity contribution in [2.24, 2.45) is 11.1 Å². The SMILES string of the molecule is CCN(CC)C(CNC(=O)[C@@H](N)C(C)(C)C)c1cccc(OC)c1. The van der Waals surface area contributed by atoms with E-state index in [1.54, 1.807) is 7.11 Å². The molecule has 5 nitrogen and oxygen atoms in total. The Kier molecular flexibility index (Phi) is 7.70. The predicted molar refractivity (Wildman–Crippen MR) is 99.1 cm³/mol. The summed E-state index contributed by atoms with van der Waals surface area (Å²) in [6.45, 7) is 12.5. The molecule has 3 N–H and O–H groups in total. The third-order valence-corrected chi connectivity index (χ3v) is 4.42. The van der Waals surface area contributed by atoms with Crippen LogP contribution in [0, 0.1) is 5.41 Å². The van der Waals surface area contributed by atoms with Crippen LogP contribution in [0.1, 0.15) is 46.2 Å². The lowest BCUT2D eigenvalue weighted by atomic mass is 9.87. The average Bonchev–Trinajstić information content (AvgIpc) is 2.56. The minimum absolute atomic E-state index is 0.0891. The Labute approximate surface area is 146 Å². The molecule has 0 saturated carbocycles. The van der Waals surface area contributed by atoms with Gasteiger partial charge in [0.05, 0.1) is 19.2 Å². The van der Waals surface area contributed by atoms with Gasteiger partial charge in [0.2, 0.25) is 5.91 Å². The molecule has 0 saturated heterocycles. The van der Waals surface area contributed by atoms with Crippen LogP contribution in [0.4, 0.5) is 0 Å². The van der Waals surface area contributed by atoms with Gasteiger partial charge >= 0.3 is 0 Å². The van der Waals surface area contributed by atoms with E-state index in [0.29, 0.717) is 6.54 Å². The molecule has 1 aromatic rings. The Balaban J connectivity index is 2.93. The van der Waals surface area contributed by atoms with E-state index in [4.69, 9.17) is 10.5 Å². The van der Waals surface area contributed by atoms with Crippen molar-refractivity contribution in [3.05, 3.63) is 29.8 Å². The number of benzene rings is 1. The number of rotatable bonds is 8. The zero-order valence-electron chi connectivity index (χ0n) is 15.9. The minimum Gasteiger partial charge on any atom is -0.497 e. The van der Waals surface area contributed by atoms with Crippen LogP contribution in [0.3, 0.4) is 0 Å². The van der Waals surface area contributed by atoms with Gasteiger partial charge in [-0.3, -0.25) is 9.69 Å². The molecule has 24 heavy (non-hydrogen) atoms. The first-order valence-corrected chi connectivity index (χ1v) is 8.65. The molecular weight excluding hydrogens is 302 g/mol. The number of carbonyl (C=O) groups is 1. The number of hydrogen-bond donors (Lipinski definition) is 2. The van der Waals surface area contributed by atoms with E-state index in [2.05, 4.69) is 30.1 Å². The van der Waals surface area contributed by atoms with Crippen molar-refractivity contribution in [3.8, 4) is 5.75 Å². The predicted octanol–water partition coefficient (Wildman–Crippen LogP) is 2.57. The standard InChI is InChI=1S/C19H33N3O2/c1-7-22(8-2)16(14-10-9-11-15(12-14)24-6)13-21-18(23)17(20)19(3,4)5/h9-12,16-17H,7-8,13,20H2,1-6H3,(H,21,23)/t16?,17-/m1/s1. The number of carbonyl (C=O) groups excluding carboxylic acids is 1. The molecule has 0 heterocycles. The fourth-order valence-electron chi connectivity index (χ4n) is 2.67. The zero-order valence-corrected chi connectivity index (χ0v) is 15.9. The minimum atomic E-state index is -0.528. The second-order valence-electron chi connectivity index (χ2n) is 7.10. The third-order valence-electron chi connectivity index (χ3n) is 4.42. The molecule has 136 valence electrons. The highest BCUT2D eigenvalue weighted by molar-refractivity contribution is 5.82. The molecule has 2 atom stereocenters. The molecule has 0 spiro atoms. The lowest BCUT2D eigenvalue weighted by molar-refractivity contribution is -0.124. The quantitative estimate of drug-likeness (QED) is 0.766. The maximum absolute atomic E-state index is 12.4. The Bertz CT molecular complexity index is 522. The number of hydrogen-bond acceptors (Lipinski definition) is 4. The first-order chi connectivity index (χ1) is 11.2. The molecule has 1 aromatic carbocycles. The maximum Gasteiger partial charge on any atom is 0.237 e. The topological polar surface area (TPSA) is 67.6 Å². The van der Waals surface area contributed by atoms with Crippen LogP contribution in [0.25, 0.3) is 0 Å². The largest absolute Gasteiger partial charge is 0.497 e. The van der Waals surface area contributed by atoms with Gasteiger partial charge in [-0.25, -0.2) is 0 Å². The van der Waals surface area contributed by atoms with E-state index in [1.807, 2.05) is 39.0 Å². The molecule has 1 unspecified atom stereocenters. The van der Waals surface area contributed by atoms with Crippen molar-refractivity contribution in [1.29, 1.82) is 0 Å². The Morgan fingerprint density at radius 2 is 1.92 bits per heavy atom. The molecule has 5 heteroatoms. The van der Waals surface area contributed by atoms with Gasteiger partial charge < -0.3 is 15.8 Å². The molecule has 1 rings (SSSR count). The van der Waals surface area contributed by atoms with Crippen molar-refractivity contribution in [1.82, 2.24) is 10.2 Å². The first kappa shape index (κ1) is 20.5. The fourth-order valence-corrected chi connectivity index (χ4v) is 2.67. The van der Waals surface area contributed by atoms with Gasteiger partial charge in [-0.15, -0.1) is 0 Å². The Morgan fingerprint density at radius 3 is 2.42 bits per heavy atom. The van der Waals surface area contributed by atoms with Crippen molar-refractivity contribution in [2.75, 3.05) is 26.7 Å². The van der Waals surface area contributed by atoms with Gasteiger partial charge in [-0.05, 0) is 36.2 Å². The van der Waals surface area contributed by atoms with Crippen molar-refractivity contribution in [3.63, 3.8) is 0 Å². The number of nitrogens with one attached hydrogen (secondary N) is 1. The molecule has 0 aromatic heterocycles. The number of methoxy groups -OCH3 is 1. The van der Waals surface area contributed by atoms with Gasteiger partial charge in [-0.1, -0.05) is 46.8 Å². The van der Waals surface area contributed by atoms with Crippen LogP contribution in [-0.2, 0) is 4.79 Å². The van der Waals surface area contributed by atoms with E-state index in [0.717, 1.165) is 24.4 Å². The molecular formula is C19H33N3O2. The highest BCUT2D eigenvalue weighted by atomic mass is 16.5. The Hall–Kier alpha value is -1.59.